The summed E-state index contributed by atoms with van der Waals surface area (Å²) in [6, 6.07) is 20.2. The van der Waals surface area contributed by atoms with Crippen molar-refractivity contribution >= 4 is 11.7 Å². The predicted molar refractivity (Wildman–Crippen MR) is 129 cm³/mol. The standard InChI is InChI=1S/C27H28N4O3/c28-26(32)31-18-27(21-4-1-2-5-22(21)31)11-14-30(15-12-27)16-19-7-9-20(10-8-19)24-17-33-23-6-3-13-29-25(23)34-24/h1-10,13,24H,11-12,14-18H2,(H2,28,32). The first kappa shape index (κ1) is 21.0. The Kier molecular flexibility index (Phi) is 5.14. The molecule has 7 nitrogen and oxygen atoms in total. The zero-order valence-electron chi connectivity index (χ0n) is 19.0. The maximum absolute atomic E-state index is 12.0. The third-order valence-corrected chi connectivity index (χ3v) is 7.44. The molecule has 1 saturated heterocycles. The van der Waals surface area contributed by atoms with E-state index in [1.54, 1.807) is 11.1 Å². The van der Waals surface area contributed by atoms with Crippen LogP contribution in [0.2, 0.25) is 0 Å². The van der Waals surface area contributed by atoms with Gasteiger partial charge in [-0.3, -0.25) is 9.80 Å². The molecule has 1 fully saturated rings. The number of hydrogen-bond donors (Lipinski definition) is 1. The van der Waals surface area contributed by atoms with Gasteiger partial charge in [-0.25, -0.2) is 9.78 Å². The van der Waals surface area contributed by atoms with Gasteiger partial charge in [-0.1, -0.05) is 42.5 Å². The molecule has 2 N–H and O–H groups in total. The van der Waals surface area contributed by atoms with Crippen molar-refractivity contribution in [2.24, 2.45) is 5.73 Å². The molecule has 1 unspecified atom stereocenters. The molecule has 2 amide bonds. The molecule has 1 spiro atoms. The van der Waals surface area contributed by atoms with Gasteiger partial charge in [0.2, 0.25) is 0 Å². The summed E-state index contributed by atoms with van der Waals surface area (Å²) in [5.41, 5.74) is 10.3. The normalized spacial score (nSPS) is 20.8. The number of aromatic nitrogens is 1. The van der Waals surface area contributed by atoms with Gasteiger partial charge in [0.05, 0.1) is 0 Å². The van der Waals surface area contributed by atoms with Crippen molar-refractivity contribution in [2.75, 3.05) is 31.1 Å². The molecule has 6 rings (SSSR count). The van der Waals surface area contributed by atoms with Gasteiger partial charge in [-0.15, -0.1) is 0 Å². The van der Waals surface area contributed by atoms with Crippen molar-refractivity contribution < 1.29 is 14.3 Å². The van der Waals surface area contributed by atoms with Crippen LogP contribution in [0.5, 0.6) is 11.6 Å². The number of piperidine rings is 1. The number of nitrogens with zero attached hydrogens (tertiary/aromatic N) is 3. The van der Waals surface area contributed by atoms with Gasteiger partial charge < -0.3 is 15.2 Å². The Balaban J connectivity index is 1.09. The highest BCUT2D eigenvalue weighted by Crippen LogP contribution is 2.47. The molecule has 34 heavy (non-hydrogen) atoms. The van der Waals surface area contributed by atoms with E-state index < -0.39 is 0 Å². The lowest BCUT2D eigenvalue weighted by Crippen LogP contribution is -2.46. The Morgan fingerprint density at radius 3 is 2.65 bits per heavy atom. The first-order valence-electron chi connectivity index (χ1n) is 11.8. The van der Waals surface area contributed by atoms with Crippen LogP contribution in [0.3, 0.4) is 0 Å². The molecule has 3 aliphatic rings. The third-order valence-electron chi connectivity index (χ3n) is 7.44. The molecule has 0 radical (unpaired) electrons. The largest absolute Gasteiger partial charge is 0.484 e. The second-order valence-electron chi connectivity index (χ2n) is 9.46. The van der Waals surface area contributed by atoms with Gasteiger partial charge in [0, 0.05) is 30.4 Å². The van der Waals surface area contributed by atoms with Crippen LogP contribution in [0.15, 0.2) is 66.9 Å². The van der Waals surface area contributed by atoms with Gasteiger partial charge in [0.15, 0.2) is 11.9 Å². The maximum atomic E-state index is 12.0. The van der Waals surface area contributed by atoms with Crippen molar-refractivity contribution in [3.63, 3.8) is 0 Å². The zero-order valence-corrected chi connectivity index (χ0v) is 19.0. The van der Waals surface area contributed by atoms with Crippen molar-refractivity contribution in [3.05, 3.63) is 83.6 Å². The predicted octanol–water partition coefficient (Wildman–Crippen LogP) is 4.03. The minimum absolute atomic E-state index is 0.00856. The lowest BCUT2D eigenvalue weighted by atomic mass is 9.74. The minimum atomic E-state index is -0.363. The highest BCUT2D eigenvalue weighted by molar-refractivity contribution is 5.94. The zero-order chi connectivity index (χ0) is 23.1. The van der Waals surface area contributed by atoms with Crippen LogP contribution in [0.25, 0.3) is 0 Å². The van der Waals surface area contributed by atoms with E-state index in [1.807, 2.05) is 24.3 Å². The summed E-state index contributed by atoms with van der Waals surface area (Å²) in [6.07, 6.45) is 3.60. The van der Waals surface area contributed by atoms with E-state index in [4.69, 9.17) is 15.2 Å². The summed E-state index contributed by atoms with van der Waals surface area (Å²) in [5, 5.41) is 0. The second-order valence-corrected chi connectivity index (χ2v) is 9.46. The number of fused-ring (bicyclic) bond motifs is 3. The number of amides is 2. The third kappa shape index (κ3) is 3.66. The second kappa shape index (κ2) is 8.33. The van der Waals surface area contributed by atoms with E-state index >= 15 is 0 Å². The van der Waals surface area contributed by atoms with Crippen LogP contribution < -0.4 is 20.1 Å². The number of urea groups is 1. The average Bonchev–Trinajstić information content (AvgIpc) is 3.20. The quantitative estimate of drug-likeness (QED) is 0.644. The Morgan fingerprint density at radius 2 is 1.85 bits per heavy atom. The molecule has 0 aliphatic carbocycles. The molecule has 1 aromatic heterocycles. The van der Waals surface area contributed by atoms with Gasteiger partial charge in [0.25, 0.3) is 5.88 Å². The number of ether oxygens (including phenoxy) is 2. The number of hydrogen-bond acceptors (Lipinski definition) is 5. The van der Waals surface area contributed by atoms with Crippen LogP contribution in [-0.4, -0.2) is 42.2 Å². The number of anilines is 1. The molecule has 0 bridgehead atoms. The SMILES string of the molecule is NC(=O)N1CC2(CCN(Cc3ccc(C4COc5cccnc5O4)cc3)CC2)c2ccccc21. The topological polar surface area (TPSA) is 80.9 Å². The van der Waals surface area contributed by atoms with Crippen LogP contribution in [0, 0.1) is 0 Å². The molecule has 3 aromatic rings. The summed E-state index contributed by atoms with van der Waals surface area (Å²) < 4.78 is 11.8. The Bertz CT molecular complexity index is 1200. The molecule has 7 heteroatoms. The van der Waals surface area contributed by atoms with E-state index in [0.29, 0.717) is 24.8 Å². The lowest BCUT2D eigenvalue weighted by molar-refractivity contribution is 0.0850. The highest BCUT2D eigenvalue weighted by Gasteiger charge is 2.45. The molecule has 4 heterocycles. The van der Waals surface area contributed by atoms with Crippen LogP contribution >= 0.6 is 0 Å². The lowest BCUT2D eigenvalue weighted by Gasteiger charge is -2.39. The molecular weight excluding hydrogens is 428 g/mol. The van der Waals surface area contributed by atoms with Crippen molar-refractivity contribution in [3.8, 4) is 11.6 Å². The van der Waals surface area contributed by atoms with Crippen molar-refractivity contribution in [1.29, 1.82) is 0 Å². The number of para-hydroxylation sites is 1. The number of carbonyl (C=O) groups excluding carboxylic acids is 1. The van der Waals surface area contributed by atoms with Crippen LogP contribution in [-0.2, 0) is 12.0 Å². The average molecular weight is 457 g/mol. The summed E-state index contributed by atoms with van der Waals surface area (Å²) in [5.74, 6) is 1.25. The molecule has 2 aromatic carbocycles. The number of benzene rings is 2. The first-order chi connectivity index (χ1) is 16.6. The van der Waals surface area contributed by atoms with E-state index in [2.05, 4.69) is 46.3 Å². The van der Waals surface area contributed by atoms with Crippen LogP contribution in [0.4, 0.5) is 10.5 Å². The number of nitrogens with two attached hydrogens (primary N) is 1. The fraction of sp³-hybridized carbons (Fsp3) is 0.333. The number of carbonyl (C=O) groups is 1. The van der Waals surface area contributed by atoms with E-state index in [-0.39, 0.29) is 17.6 Å². The first-order valence-corrected chi connectivity index (χ1v) is 11.8. The highest BCUT2D eigenvalue weighted by atomic mass is 16.6. The summed E-state index contributed by atoms with van der Waals surface area (Å²) in [4.78, 5) is 20.5. The summed E-state index contributed by atoms with van der Waals surface area (Å²) in [6.45, 7) is 4.06. The number of pyridine rings is 1. The number of primary amides is 1. The Morgan fingerprint density at radius 1 is 1.06 bits per heavy atom. The van der Waals surface area contributed by atoms with E-state index in [9.17, 15) is 4.79 Å². The van der Waals surface area contributed by atoms with E-state index in [0.717, 1.165) is 43.7 Å². The van der Waals surface area contributed by atoms with Gasteiger partial charge in [0.1, 0.15) is 6.61 Å². The molecule has 3 aliphatic heterocycles. The smallest absolute Gasteiger partial charge is 0.319 e. The minimum Gasteiger partial charge on any atom is -0.484 e. The Hall–Kier alpha value is -3.58. The maximum Gasteiger partial charge on any atom is 0.319 e. The van der Waals surface area contributed by atoms with E-state index in [1.165, 1.54) is 11.1 Å². The van der Waals surface area contributed by atoms with Crippen molar-refractivity contribution in [1.82, 2.24) is 9.88 Å². The van der Waals surface area contributed by atoms with Crippen molar-refractivity contribution in [2.45, 2.75) is 30.9 Å². The molecular formula is C27H28N4O3. The monoisotopic (exact) mass is 456 g/mol. The Labute approximate surface area is 199 Å². The van der Waals surface area contributed by atoms with Crippen LogP contribution in [0.1, 0.15) is 35.6 Å². The number of likely N-dealkylation sites (tertiary alicyclic amines) is 1. The number of rotatable bonds is 3. The summed E-state index contributed by atoms with van der Waals surface area (Å²) in [7, 11) is 0. The fourth-order valence-electron chi connectivity index (χ4n) is 5.56. The molecule has 174 valence electrons. The molecule has 1 atom stereocenters. The van der Waals surface area contributed by atoms with Gasteiger partial charge in [-0.2, -0.15) is 0 Å². The molecule has 0 saturated carbocycles. The summed E-state index contributed by atoms with van der Waals surface area (Å²) >= 11 is 0. The van der Waals surface area contributed by atoms with Gasteiger partial charge in [-0.05, 0) is 60.8 Å². The fourth-order valence-corrected chi connectivity index (χ4v) is 5.56. The van der Waals surface area contributed by atoms with Gasteiger partial charge >= 0.3 is 6.03 Å².